The Hall–Kier alpha value is -0.950. The first-order chi connectivity index (χ1) is 5.20. The van der Waals surface area contributed by atoms with Crippen LogP contribution in [-0.4, -0.2) is 0 Å². The van der Waals surface area contributed by atoms with Crippen molar-refractivity contribution in [1.82, 2.24) is 0 Å². The number of nitrogens with one attached hydrogen (secondary N) is 1. The van der Waals surface area contributed by atoms with Crippen molar-refractivity contribution < 1.29 is 0 Å². The molecule has 0 aromatic heterocycles. The van der Waals surface area contributed by atoms with E-state index in [1.165, 1.54) is 0 Å². The number of anilines is 1. The third-order valence-electron chi connectivity index (χ3n) is 1.22. The smallest absolute Gasteiger partial charge is 0.0640 e. The van der Waals surface area contributed by atoms with E-state index in [2.05, 4.69) is 11.9 Å². The zero-order valence-electron chi connectivity index (χ0n) is 6.39. The van der Waals surface area contributed by atoms with Gasteiger partial charge in [-0.1, -0.05) is 30.3 Å². The van der Waals surface area contributed by atoms with Crippen LogP contribution in [0.25, 0.3) is 0 Å². The number of hydrogen-bond donors (Lipinski definition) is 1. The number of para-hydroxylation sites is 1. The van der Waals surface area contributed by atoms with Crippen LogP contribution in [0, 0.1) is 0 Å². The Kier molecular flexibility index (Phi) is 2.55. The van der Waals surface area contributed by atoms with Gasteiger partial charge in [0.2, 0.25) is 0 Å². The first-order valence-corrected chi connectivity index (χ1v) is 3.75. The van der Waals surface area contributed by atoms with Gasteiger partial charge in [-0.15, -0.1) is 0 Å². The van der Waals surface area contributed by atoms with E-state index in [9.17, 15) is 0 Å². The van der Waals surface area contributed by atoms with E-state index >= 15 is 0 Å². The highest BCUT2D eigenvalue weighted by Crippen LogP contribution is 2.21. The van der Waals surface area contributed by atoms with Gasteiger partial charge in [0, 0.05) is 5.70 Å². The molecule has 0 aliphatic carbocycles. The summed E-state index contributed by atoms with van der Waals surface area (Å²) in [6, 6.07) is 7.58. The van der Waals surface area contributed by atoms with Crippen LogP contribution in [0.3, 0.4) is 0 Å². The fourth-order valence-electron chi connectivity index (χ4n) is 0.792. The van der Waals surface area contributed by atoms with Crippen LogP contribution < -0.4 is 5.32 Å². The Morgan fingerprint density at radius 3 is 2.64 bits per heavy atom. The second-order valence-electron chi connectivity index (χ2n) is 2.39. The summed E-state index contributed by atoms with van der Waals surface area (Å²) in [5.74, 6) is 0. The molecular weight excluding hydrogens is 158 g/mol. The molecule has 0 aliphatic heterocycles. The van der Waals surface area contributed by atoms with Crippen LogP contribution in [0.15, 0.2) is 36.5 Å². The topological polar surface area (TPSA) is 12.0 Å². The molecule has 1 aromatic carbocycles. The van der Waals surface area contributed by atoms with Crippen molar-refractivity contribution in [2.75, 3.05) is 5.32 Å². The summed E-state index contributed by atoms with van der Waals surface area (Å²) in [5, 5.41) is 3.76. The molecule has 0 spiro atoms. The zero-order valence-corrected chi connectivity index (χ0v) is 7.15. The molecule has 11 heavy (non-hydrogen) atoms. The zero-order chi connectivity index (χ0) is 8.27. The van der Waals surface area contributed by atoms with Crippen molar-refractivity contribution in [2.45, 2.75) is 6.92 Å². The number of halogens is 1. The molecule has 1 rings (SSSR count). The maximum atomic E-state index is 5.86. The van der Waals surface area contributed by atoms with Crippen molar-refractivity contribution in [3.8, 4) is 0 Å². The van der Waals surface area contributed by atoms with Gasteiger partial charge in [0.15, 0.2) is 0 Å². The van der Waals surface area contributed by atoms with Crippen molar-refractivity contribution in [2.24, 2.45) is 0 Å². The van der Waals surface area contributed by atoms with E-state index in [-0.39, 0.29) is 0 Å². The largest absolute Gasteiger partial charge is 0.359 e. The van der Waals surface area contributed by atoms with Crippen molar-refractivity contribution in [3.05, 3.63) is 41.6 Å². The van der Waals surface area contributed by atoms with Crippen LogP contribution >= 0.6 is 11.6 Å². The summed E-state index contributed by atoms with van der Waals surface area (Å²) in [5.41, 5.74) is 1.79. The molecule has 58 valence electrons. The lowest BCUT2D eigenvalue weighted by molar-refractivity contribution is 1.40. The summed E-state index contributed by atoms with van der Waals surface area (Å²) in [6.07, 6.45) is 0. The predicted octanol–water partition coefficient (Wildman–Crippen LogP) is 3.29. The highest BCUT2D eigenvalue weighted by atomic mass is 35.5. The van der Waals surface area contributed by atoms with Gasteiger partial charge in [0.05, 0.1) is 10.7 Å². The van der Waals surface area contributed by atoms with Crippen LogP contribution in [0.4, 0.5) is 5.69 Å². The van der Waals surface area contributed by atoms with E-state index in [1.807, 2.05) is 31.2 Å². The Morgan fingerprint density at radius 2 is 2.09 bits per heavy atom. The number of hydrogen-bond acceptors (Lipinski definition) is 1. The Bertz CT molecular complexity index is 268. The first kappa shape index (κ1) is 8.15. The first-order valence-electron chi connectivity index (χ1n) is 3.37. The molecule has 0 bridgehead atoms. The molecule has 0 saturated carbocycles. The molecule has 1 nitrogen and oxygen atoms in total. The number of rotatable bonds is 2. The molecule has 0 heterocycles. The van der Waals surface area contributed by atoms with E-state index in [1.54, 1.807) is 0 Å². The van der Waals surface area contributed by atoms with E-state index in [0.717, 1.165) is 16.4 Å². The Morgan fingerprint density at radius 1 is 1.45 bits per heavy atom. The van der Waals surface area contributed by atoms with Gasteiger partial charge in [-0.3, -0.25) is 0 Å². The van der Waals surface area contributed by atoms with E-state index in [0.29, 0.717) is 0 Å². The molecule has 0 atom stereocenters. The predicted molar refractivity (Wildman–Crippen MR) is 49.9 cm³/mol. The minimum Gasteiger partial charge on any atom is -0.359 e. The maximum Gasteiger partial charge on any atom is 0.0640 e. The number of benzene rings is 1. The third-order valence-corrected chi connectivity index (χ3v) is 1.55. The molecule has 0 radical (unpaired) electrons. The highest BCUT2D eigenvalue weighted by Gasteiger charge is 1.95. The molecule has 0 fully saturated rings. The van der Waals surface area contributed by atoms with Gasteiger partial charge >= 0.3 is 0 Å². The van der Waals surface area contributed by atoms with Gasteiger partial charge in [-0.2, -0.15) is 0 Å². The second-order valence-corrected chi connectivity index (χ2v) is 2.79. The quantitative estimate of drug-likeness (QED) is 0.713. The molecule has 0 amide bonds. The van der Waals surface area contributed by atoms with Gasteiger partial charge in [-0.25, -0.2) is 0 Å². The molecule has 1 N–H and O–H groups in total. The standard InChI is InChI=1S/C9H10ClN/c1-7(2)11-9-6-4-3-5-8(9)10/h3-6,11H,1H2,2H3. The minimum absolute atomic E-state index is 0.718. The average molecular weight is 168 g/mol. The Labute approximate surface area is 71.7 Å². The fraction of sp³-hybridized carbons (Fsp3) is 0.111. The lowest BCUT2D eigenvalue weighted by Crippen LogP contribution is -1.93. The average Bonchev–Trinajstić information content (AvgIpc) is 1.93. The normalized spacial score (nSPS) is 9.27. The van der Waals surface area contributed by atoms with Crippen LogP contribution in [0.2, 0.25) is 5.02 Å². The summed E-state index contributed by atoms with van der Waals surface area (Å²) in [4.78, 5) is 0. The highest BCUT2D eigenvalue weighted by molar-refractivity contribution is 6.33. The third kappa shape index (κ3) is 2.28. The van der Waals surface area contributed by atoms with Gasteiger partial charge < -0.3 is 5.32 Å². The molecule has 1 aromatic rings. The van der Waals surface area contributed by atoms with E-state index < -0.39 is 0 Å². The Balaban J connectivity index is 2.86. The summed E-state index contributed by atoms with van der Waals surface area (Å²) in [7, 11) is 0. The molecular formula is C9H10ClN. The van der Waals surface area contributed by atoms with Crippen molar-refractivity contribution in [1.29, 1.82) is 0 Å². The van der Waals surface area contributed by atoms with Crippen molar-refractivity contribution in [3.63, 3.8) is 0 Å². The number of allylic oxidation sites excluding steroid dienone is 1. The van der Waals surface area contributed by atoms with Gasteiger partial charge in [0.25, 0.3) is 0 Å². The van der Waals surface area contributed by atoms with Crippen LogP contribution in [-0.2, 0) is 0 Å². The molecule has 0 aliphatic rings. The SMILES string of the molecule is C=C(C)Nc1ccccc1Cl. The fourth-order valence-corrected chi connectivity index (χ4v) is 0.975. The summed E-state index contributed by atoms with van der Waals surface area (Å²) < 4.78 is 0. The minimum atomic E-state index is 0.718. The van der Waals surface area contributed by atoms with Crippen LogP contribution in [0.5, 0.6) is 0 Å². The molecule has 0 saturated heterocycles. The molecule has 2 heteroatoms. The van der Waals surface area contributed by atoms with E-state index in [4.69, 9.17) is 11.6 Å². The summed E-state index contributed by atoms with van der Waals surface area (Å²) in [6.45, 7) is 5.61. The van der Waals surface area contributed by atoms with Crippen LogP contribution in [0.1, 0.15) is 6.92 Å². The van der Waals surface area contributed by atoms with Gasteiger partial charge in [-0.05, 0) is 19.1 Å². The maximum absolute atomic E-state index is 5.86. The van der Waals surface area contributed by atoms with Gasteiger partial charge in [0.1, 0.15) is 0 Å². The molecule has 0 unspecified atom stereocenters. The second kappa shape index (κ2) is 3.44. The lowest BCUT2D eigenvalue weighted by Gasteiger charge is -2.05. The van der Waals surface area contributed by atoms with Crippen molar-refractivity contribution >= 4 is 17.3 Å². The lowest BCUT2D eigenvalue weighted by atomic mass is 10.3. The summed E-state index contributed by atoms with van der Waals surface area (Å²) >= 11 is 5.86. The monoisotopic (exact) mass is 167 g/mol.